The number of ether oxygens (including phenoxy) is 1. The van der Waals surface area contributed by atoms with Gasteiger partial charge in [0.05, 0.1) is 13.7 Å². The molecule has 1 heterocycles. The molecule has 0 radical (unpaired) electrons. The lowest BCUT2D eigenvalue weighted by atomic mass is 9.95. The lowest BCUT2D eigenvalue weighted by molar-refractivity contribution is 0.0819. The molecule has 0 aliphatic carbocycles. The van der Waals surface area contributed by atoms with Crippen molar-refractivity contribution in [3.05, 3.63) is 28.8 Å². The first kappa shape index (κ1) is 12.3. The Morgan fingerprint density at radius 1 is 1.41 bits per heavy atom. The normalized spacial score (nSPS) is 16.1. The van der Waals surface area contributed by atoms with Crippen LogP contribution in [-0.2, 0) is 13.0 Å². The molecular weight excluding hydrogens is 224 g/mol. The quantitative estimate of drug-likeness (QED) is 0.806. The maximum absolute atomic E-state index is 12.4. The van der Waals surface area contributed by atoms with E-state index >= 15 is 0 Å². The fraction of sp³-hybridized carbons (Fsp3) is 0.538. The highest BCUT2D eigenvalue weighted by molar-refractivity contribution is 5.45. The third-order valence-corrected chi connectivity index (χ3v) is 3.34. The zero-order chi connectivity index (χ0) is 12.4. The molecular formula is C13H17F2NO. The number of benzene rings is 1. The number of rotatable bonds is 3. The monoisotopic (exact) mass is 241 g/mol. The van der Waals surface area contributed by atoms with Gasteiger partial charge >= 0.3 is 0 Å². The van der Waals surface area contributed by atoms with Crippen LogP contribution in [-0.4, -0.2) is 31.5 Å². The van der Waals surface area contributed by atoms with Gasteiger partial charge in [0.2, 0.25) is 0 Å². The van der Waals surface area contributed by atoms with Gasteiger partial charge in [-0.15, -0.1) is 0 Å². The molecule has 0 fully saturated rings. The van der Waals surface area contributed by atoms with Crippen LogP contribution in [0, 0.1) is 6.92 Å². The van der Waals surface area contributed by atoms with E-state index in [2.05, 4.69) is 0 Å². The highest BCUT2D eigenvalue weighted by atomic mass is 19.3. The molecule has 0 N–H and O–H groups in total. The van der Waals surface area contributed by atoms with Gasteiger partial charge in [-0.1, -0.05) is 6.07 Å². The van der Waals surface area contributed by atoms with Crippen molar-refractivity contribution in [3.63, 3.8) is 0 Å². The smallest absolute Gasteiger partial charge is 0.251 e. The Kier molecular flexibility index (Phi) is 3.62. The van der Waals surface area contributed by atoms with Gasteiger partial charge in [0.1, 0.15) is 5.75 Å². The van der Waals surface area contributed by atoms with E-state index in [0.717, 1.165) is 23.3 Å². The lowest BCUT2D eigenvalue weighted by Gasteiger charge is -2.30. The molecule has 4 heteroatoms. The summed E-state index contributed by atoms with van der Waals surface area (Å²) in [5, 5.41) is 0. The van der Waals surface area contributed by atoms with E-state index in [-0.39, 0.29) is 6.54 Å². The number of hydrogen-bond donors (Lipinski definition) is 0. The van der Waals surface area contributed by atoms with Crippen molar-refractivity contribution >= 4 is 0 Å². The summed E-state index contributed by atoms with van der Waals surface area (Å²) in [7, 11) is 1.63. The minimum atomic E-state index is -2.26. The largest absolute Gasteiger partial charge is 0.496 e. The van der Waals surface area contributed by atoms with Crippen LogP contribution in [0.1, 0.15) is 16.7 Å². The van der Waals surface area contributed by atoms with E-state index in [1.165, 1.54) is 5.56 Å². The second kappa shape index (κ2) is 5.00. The van der Waals surface area contributed by atoms with Crippen LogP contribution in [0.5, 0.6) is 5.75 Å². The molecule has 17 heavy (non-hydrogen) atoms. The summed E-state index contributed by atoms with van der Waals surface area (Å²) in [6, 6.07) is 4.00. The molecule has 1 aliphatic heterocycles. The summed E-state index contributed by atoms with van der Waals surface area (Å²) >= 11 is 0. The molecule has 1 aromatic carbocycles. The van der Waals surface area contributed by atoms with E-state index in [0.29, 0.717) is 13.1 Å². The van der Waals surface area contributed by atoms with Gasteiger partial charge in [-0.2, -0.15) is 0 Å². The number of halogens is 2. The van der Waals surface area contributed by atoms with Gasteiger partial charge in [0, 0.05) is 13.1 Å². The van der Waals surface area contributed by atoms with Crippen molar-refractivity contribution in [3.8, 4) is 5.75 Å². The average Bonchev–Trinajstić information content (AvgIpc) is 2.29. The molecule has 0 bridgehead atoms. The van der Waals surface area contributed by atoms with Crippen molar-refractivity contribution in [1.82, 2.24) is 4.90 Å². The van der Waals surface area contributed by atoms with Gasteiger partial charge in [-0.25, -0.2) is 8.78 Å². The fourth-order valence-corrected chi connectivity index (χ4v) is 2.40. The molecule has 1 aliphatic rings. The summed E-state index contributed by atoms with van der Waals surface area (Å²) in [6.45, 7) is 3.16. The molecule has 0 saturated heterocycles. The number of fused-ring (bicyclic) bond motifs is 1. The maximum atomic E-state index is 12.4. The molecule has 0 spiro atoms. The molecule has 0 amide bonds. The molecule has 0 saturated carbocycles. The van der Waals surface area contributed by atoms with E-state index in [1.807, 2.05) is 19.1 Å². The SMILES string of the molecule is COc1ccc2c(c1C)CN(CC(F)F)CC2. The van der Waals surface area contributed by atoms with E-state index in [9.17, 15) is 8.78 Å². The Balaban J connectivity index is 2.23. The fourth-order valence-electron chi connectivity index (χ4n) is 2.40. The minimum Gasteiger partial charge on any atom is -0.496 e. The van der Waals surface area contributed by atoms with Crippen molar-refractivity contribution in [2.45, 2.75) is 26.3 Å². The van der Waals surface area contributed by atoms with Crippen LogP contribution in [0.25, 0.3) is 0 Å². The zero-order valence-corrected chi connectivity index (χ0v) is 10.2. The van der Waals surface area contributed by atoms with Crippen LogP contribution >= 0.6 is 0 Å². The van der Waals surface area contributed by atoms with Gasteiger partial charge in [0.15, 0.2) is 0 Å². The third-order valence-electron chi connectivity index (χ3n) is 3.34. The second-order valence-electron chi connectivity index (χ2n) is 4.41. The van der Waals surface area contributed by atoms with Gasteiger partial charge < -0.3 is 4.74 Å². The number of alkyl halides is 2. The summed E-state index contributed by atoms with van der Waals surface area (Å²) in [4.78, 5) is 1.80. The summed E-state index contributed by atoms with van der Waals surface area (Å²) in [5.41, 5.74) is 3.48. The topological polar surface area (TPSA) is 12.5 Å². The lowest BCUT2D eigenvalue weighted by Crippen LogP contribution is -2.34. The third kappa shape index (κ3) is 2.57. The van der Waals surface area contributed by atoms with E-state index in [1.54, 1.807) is 12.0 Å². The van der Waals surface area contributed by atoms with Gasteiger partial charge in [0.25, 0.3) is 6.43 Å². The van der Waals surface area contributed by atoms with Gasteiger partial charge in [-0.05, 0) is 36.1 Å². The summed E-state index contributed by atoms with van der Waals surface area (Å²) < 4.78 is 30.0. The van der Waals surface area contributed by atoms with Crippen LogP contribution < -0.4 is 4.74 Å². The Bertz CT molecular complexity index is 407. The molecule has 2 nitrogen and oxygen atoms in total. The Morgan fingerprint density at radius 3 is 2.82 bits per heavy atom. The predicted octanol–water partition coefficient (Wildman–Crippen LogP) is 2.63. The summed E-state index contributed by atoms with van der Waals surface area (Å²) in [6.07, 6.45) is -1.42. The first-order valence-electron chi connectivity index (χ1n) is 5.77. The standard InChI is InChI=1S/C13H17F2NO/c1-9-11-7-16(8-13(14)15)6-5-10(11)3-4-12(9)17-2/h3-4,13H,5-8H2,1-2H3. The zero-order valence-electron chi connectivity index (χ0n) is 10.2. The number of hydrogen-bond acceptors (Lipinski definition) is 2. The molecule has 0 aromatic heterocycles. The molecule has 0 atom stereocenters. The van der Waals surface area contributed by atoms with Crippen LogP contribution in [0.15, 0.2) is 12.1 Å². The van der Waals surface area contributed by atoms with Crippen LogP contribution in [0.2, 0.25) is 0 Å². The first-order chi connectivity index (χ1) is 8.11. The van der Waals surface area contributed by atoms with Crippen molar-refractivity contribution in [2.24, 2.45) is 0 Å². The minimum absolute atomic E-state index is 0.143. The van der Waals surface area contributed by atoms with Crippen molar-refractivity contribution < 1.29 is 13.5 Å². The highest BCUT2D eigenvalue weighted by Gasteiger charge is 2.21. The van der Waals surface area contributed by atoms with Crippen molar-refractivity contribution in [2.75, 3.05) is 20.2 Å². The maximum Gasteiger partial charge on any atom is 0.251 e. The average molecular weight is 241 g/mol. The number of methoxy groups -OCH3 is 1. The Morgan fingerprint density at radius 2 is 2.18 bits per heavy atom. The van der Waals surface area contributed by atoms with Gasteiger partial charge in [-0.3, -0.25) is 4.90 Å². The highest BCUT2D eigenvalue weighted by Crippen LogP contribution is 2.29. The van der Waals surface area contributed by atoms with E-state index in [4.69, 9.17) is 4.74 Å². The summed E-state index contributed by atoms with van der Waals surface area (Å²) in [5.74, 6) is 0.836. The molecule has 94 valence electrons. The molecule has 0 unspecified atom stereocenters. The molecule has 1 aromatic rings. The Labute approximate surface area is 100 Å². The number of nitrogens with zero attached hydrogens (tertiary/aromatic N) is 1. The first-order valence-corrected chi connectivity index (χ1v) is 5.77. The molecule has 2 rings (SSSR count). The van der Waals surface area contributed by atoms with Crippen LogP contribution in [0.3, 0.4) is 0 Å². The predicted molar refractivity (Wildman–Crippen MR) is 62.7 cm³/mol. The Hall–Kier alpha value is -1.16. The van der Waals surface area contributed by atoms with Crippen LogP contribution in [0.4, 0.5) is 8.78 Å². The van der Waals surface area contributed by atoms with E-state index < -0.39 is 6.43 Å². The van der Waals surface area contributed by atoms with Crippen molar-refractivity contribution in [1.29, 1.82) is 0 Å². The second-order valence-corrected chi connectivity index (χ2v) is 4.41.